The van der Waals surface area contributed by atoms with E-state index in [1.807, 2.05) is 33.3 Å². The van der Waals surface area contributed by atoms with E-state index < -0.39 is 26.6 Å². The van der Waals surface area contributed by atoms with Crippen LogP contribution in [0.3, 0.4) is 0 Å². The number of amides is 1. The quantitative estimate of drug-likeness (QED) is 0.0212. The van der Waals surface area contributed by atoms with E-state index in [4.69, 9.17) is 13.8 Å². The summed E-state index contributed by atoms with van der Waals surface area (Å²) >= 11 is 0. The van der Waals surface area contributed by atoms with Gasteiger partial charge in [-0.1, -0.05) is 212 Å². The van der Waals surface area contributed by atoms with Crippen molar-refractivity contribution in [2.45, 2.75) is 283 Å². The van der Waals surface area contributed by atoms with E-state index >= 15 is 0 Å². The molecule has 3 atom stereocenters. The van der Waals surface area contributed by atoms with E-state index in [0.29, 0.717) is 23.9 Å². The zero-order valence-electron chi connectivity index (χ0n) is 45.6. The summed E-state index contributed by atoms with van der Waals surface area (Å²) in [6.07, 6.45) is 56.7. The van der Waals surface area contributed by atoms with Crippen molar-refractivity contribution < 1.29 is 37.3 Å². The second kappa shape index (κ2) is 48.8. The Kier molecular flexibility index (Phi) is 47.6. The highest BCUT2D eigenvalue weighted by atomic mass is 31.2. The van der Waals surface area contributed by atoms with Gasteiger partial charge in [0.15, 0.2) is 0 Å². The van der Waals surface area contributed by atoms with E-state index in [1.165, 1.54) is 154 Å². The van der Waals surface area contributed by atoms with Crippen molar-refractivity contribution >= 4 is 19.7 Å². The van der Waals surface area contributed by atoms with Crippen LogP contribution < -0.4 is 10.2 Å². The molecule has 0 saturated heterocycles. The number of nitrogens with one attached hydrogen (secondary N) is 1. The summed E-state index contributed by atoms with van der Waals surface area (Å²) in [5.74, 6) is -0.558. The van der Waals surface area contributed by atoms with Gasteiger partial charge in [0.2, 0.25) is 5.91 Å². The molecule has 0 fully saturated rings. The summed E-state index contributed by atoms with van der Waals surface area (Å²) in [6, 6.07) is -0.894. The topological polar surface area (TPSA) is 114 Å². The number of quaternary nitrogens is 1. The van der Waals surface area contributed by atoms with Gasteiger partial charge in [-0.2, -0.15) is 0 Å². The fourth-order valence-electron chi connectivity index (χ4n) is 8.28. The molecule has 0 aromatic rings. The normalized spacial score (nSPS) is 14.0. The van der Waals surface area contributed by atoms with E-state index in [2.05, 4.69) is 50.4 Å². The van der Waals surface area contributed by atoms with Crippen molar-refractivity contribution in [2.75, 3.05) is 40.9 Å². The van der Waals surface area contributed by atoms with Gasteiger partial charge in [-0.3, -0.25) is 14.2 Å². The van der Waals surface area contributed by atoms with Gasteiger partial charge in [-0.25, -0.2) is 0 Å². The number of hydrogen-bond acceptors (Lipinski definition) is 7. The largest absolute Gasteiger partial charge is 0.756 e. The van der Waals surface area contributed by atoms with Crippen LogP contribution in [0, 0.1) is 0 Å². The molecule has 0 aromatic carbocycles. The van der Waals surface area contributed by atoms with Gasteiger partial charge in [-0.15, -0.1) is 0 Å². The van der Waals surface area contributed by atoms with Crippen LogP contribution in [-0.2, 0) is 27.9 Å². The lowest BCUT2D eigenvalue weighted by Gasteiger charge is -2.30. The van der Waals surface area contributed by atoms with Crippen molar-refractivity contribution in [3.8, 4) is 0 Å². The van der Waals surface area contributed by atoms with Crippen LogP contribution in [0.25, 0.3) is 0 Å². The van der Waals surface area contributed by atoms with Crippen LogP contribution in [0.2, 0.25) is 0 Å². The molecular formula is C58H111N2O7P. The first-order valence-electron chi connectivity index (χ1n) is 28.8. The molecule has 400 valence electrons. The second-order valence-electron chi connectivity index (χ2n) is 20.8. The number of hydrogen-bond donors (Lipinski definition) is 1. The number of esters is 1. The molecule has 0 heterocycles. The highest BCUT2D eigenvalue weighted by Crippen LogP contribution is 2.38. The summed E-state index contributed by atoms with van der Waals surface area (Å²) in [5, 5.41) is 3.01. The van der Waals surface area contributed by atoms with Gasteiger partial charge in [0.25, 0.3) is 7.82 Å². The number of carbonyl (C=O) groups is 2. The average molecular weight is 980 g/mol. The van der Waals surface area contributed by atoms with Crippen molar-refractivity contribution in [2.24, 2.45) is 0 Å². The molecule has 0 aliphatic carbocycles. The zero-order chi connectivity index (χ0) is 50.1. The predicted molar refractivity (Wildman–Crippen MR) is 289 cm³/mol. The smallest absolute Gasteiger partial charge is 0.306 e. The van der Waals surface area contributed by atoms with Gasteiger partial charge in [0, 0.05) is 12.8 Å². The van der Waals surface area contributed by atoms with E-state index in [-0.39, 0.29) is 24.9 Å². The van der Waals surface area contributed by atoms with Crippen LogP contribution in [0.1, 0.15) is 271 Å². The molecule has 0 saturated carbocycles. The third-order valence-corrected chi connectivity index (χ3v) is 13.8. The number of rotatable bonds is 52. The maximum Gasteiger partial charge on any atom is 0.306 e. The van der Waals surface area contributed by atoms with Crippen LogP contribution in [0.4, 0.5) is 0 Å². The number of likely N-dealkylation sites (N-methyl/N-ethyl adjacent to an activating group) is 1. The lowest BCUT2D eigenvalue weighted by atomic mass is 10.0. The first-order chi connectivity index (χ1) is 32.9. The van der Waals surface area contributed by atoms with Gasteiger partial charge in [0.05, 0.1) is 33.8 Å². The monoisotopic (exact) mass is 979 g/mol. The second-order valence-corrected chi connectivity index (χ2v) is 22.2. The van der Waals surface area contributed by atoms with Gasteiger partial charge in [0.1, 0.15) is 19.3 Å². The predicted octanol–water partition coefficient (Wildman–Crippen LogP) is 16.5. The van der Waals surface area contributed by atoms with E-state index in [0.717, 1.165) is 77.0 Å². The number of phosphoric ester groups is 1. The van der Waals surface area contributed by atoms with Gasteiger partial charge < -0.3 is 28.5 Å². The Labute approximate surface area is 421 Å². The summed E-state index contributed by atoms with van der Waals surface area (Å²) in [7, 11) is 1.18. The summed E-state index contributed by atoms with van der Waals surface area (Å²) in [5.41, 5.74) is 0. The van der Waals surface area contributed by atoms with Crippen LogP contribution in [0.5, 0.6) is 0 Å². The van der Waals surface area contributed by atoms with Crippen molar-refractivity contribution in [3.05, 3.63) is 36.5 Å². The van der Waals surface area contributed by atoms with Crippen molar-refractivity contribution in [1.29, 1.82) is 0 Å². The third kappa shape index (κ3) is 49.2. The van der Waals surface area contributed by atoms with Gasteiger partial charge in [-0.05, 0) is 83.1 Å². The number of phosphoric acid groups is 1. The molecule has 0 rings (SSSR count). The Morgan fingerprint density at radius 3 is 1.28 bits per heavy atom. The number of allylic oxidation sites excluding steroid dienone is 5. The number of ether oxygens (including phenoxy) is 1. The summed E-state index contributed by atoms with van der Waals surface area (Å²) in [4.78, 5) is 39.8. The highest BCUT2D eigenvalue weighted by molar-refractivity contribution is 7.45. The zero-order valence-corrected chi connectivity index (χ0v) is 46.5. The molecule has 1 N–H and O–H groups in total. The molecule has 0 spiro atoms. The van der Waals surface area contributed by atoms with Crippen molar-refractivity contribution in [1.82, 2.24) is 5.32 Å². The first-order valence-corrected chi connectivity index (χ1v) is 30.3. The minimum atomic E-state index is -4.69. The number of carbonyl (C=O) groups excluding carboxylic acids is 2. The van der Waals surface area contributed by atoms with Crippen LogP contribution in [-0.4, -0.2) is 69.4 Å². The molecule has 3 unspecified atom stereocenters. The molecule has 9 nitrogen and oxygen atoms in total. The highest BCUT2D eigenvalue weighted by Gasteiger charge is 2.27. The maximum atomic E-state index is 13.5. The maximum absolute atomic E-state index is 13.5. The molecule has 0 aromatic heterocycles. The van der Waals surface area contributed by atoms with Crippen molar-refractivity contribution in [3.63, 3.8) is 0 Å². The number of nitrogens with zero attached hydrogens (tertiary/aromatic N) is 1. The molecule has 0 aliphatic heterocycles. The molecule has 1 amide bonds. The molecule has 0 aliphatic rings. The third-order valence-electron chi connectivity index (χ3n) is 12.8. The molecular weight excluding hydrogens is 868 g/mol. The van der Waals surface area contributed by atoms with E-state index in [9.17, 15) is 19.0 Å². The first kappa shape index (κ1) is 66.2. The van der Waals surface area contributed by atoms with Crippen LogP contribution >= 0.6 is 7.82 Å². The Hall–Kier alpha value is -1.77. The lowest BCUT2D eigenvalue weighted by molar-refractivity contribution is -0.870. The fraction of sp³-hybridized carbons (Fsp3) is 0.862. The molecule has 10 heteroatoms. The Balaban J connectivity index is 5.40. The Morgan fingerprint density at radius 2 is 0.853 bits per heavy atom. The van der Waals surface area contributed by atoms with Gasteiger partial charge >= 0.3 is 5.97 Å². The van der Waals surface area contributed by atoms with Crippen LogP contribution in [0.15, 0.2) is 36.5 Å². The summed E-state index contributed by atoms with van der Waals surface area (Å²) in [6.45, 7) is 6.82. The lowest BCUT2D eigenvalue weighted by Crippen LogP contribution is -2.47. The summed E-state index contributed by atoms with van der Waals surface area (Å²) < 4.78 is 30.2. The fourth-order valence-corrected chi connectivity index (χ4v) is 9.00. The van der Waals surface area contributed by atoms with E-state index in [1.54, 1.807) is 0 Å². The SMILES string of the molecule is CCCCCC/C=C\CCCCCCCCCC(=O)OC(/C=C/CCCCCCCCCCCCC)C(COP(=O)([O-])OCC[N+](C)(C)C)NC(=O)CCCCC/C=C\CCCCCCCCC. The Morgan fingerprint density at radius 1 is 0.500 bits per heavy atom. The standard InChI is InChI=1S/C58H111N2O7P/c1-7-10-13-16-19-22-25-28-30-33-36-39-42-45-48-51-58(62)67-56(49-46-43-40-37-34-31-27-24-21-18-15-12-9-3)55(54-66-68(63,64)65-53-52-60(4,5)6)59-57(61)50-47-44-41-38-35-32-29-26-23-20-17-14-11-8-2/h22,25,32,35,46,49,55-56H,7-21,23-24,26-31,33-34,36-45,47-48,50-54H2,1-6H3,(H-,59,61,63,64)/b25-22-,35-32-,49-46+. The molecule has 0 radical (unpaired) electrons. The number of unbranched alkanes of at least 4 members (excludes halogenated alkanes) is 32. The minimum Gasteiger partial charge on any atom is -0.756 e. The molecule has 0 bridgehead atoms. The Bertz CT molecular complexity index is 1270. The molecule has 68 heavy (non-hydrogen) atoms. The minimum absolute atomic E-state index is 0.0243. The average Bonchev–Trinajstić information content (AvgIpc) is 3.29.